The third-order valence-electron chi connectivity index (χ3n) is 2.23. The van der Waals surface area contributed by atoms with Gasteiger partial charge in [-0.15, -0.1) is 0 Å². The van der Waals surface area contributed by atoms with Crippen molar-refractivity contribution in [2.75, 3.05) is 6.54 Å². The molecule has 0 aliphatic carbocycles. The summed E-state index contributed by atoms with van der Waals surface area (Å²) in [6.45, 7) is 1.13. The van der Waals surface area contributed by atoms with Crippen molar-refractivity contribution in [2.45, 2.75) is 18.9 Å². The minimum atomic E-state index is 0.507. The van der Waals surface area contributed by atoms with Gasteiger partial charge < -0.3 is 5.32 Å². The number of hydrogen-bond acceptors (Lipinski definition) is 2. The molecule has 1 saturated heterocycles. The molecule has 64 valence electrons. The Morgan fingerprint density at radius 1 is 1.58 bits per heavy atom. The second-order valence-corrected chi connectivity index (χ2v) is 3.90. The molecule has 0 aromatic carbocycles. The number of nitrogens with zero attached hydrogens (tertiary/aromatic N) is 1. The molecule has 0 radical (unpaired) electrons. The van der Waals surface area contributed by atoms with Gasteiger partial charge in [0.15, 0.2) is 0 Å². The SMILES string of the molecule is Brc1ccncc1[C@@H]1CCCN1. The predicted molar refractivity (Wildman–Crippen MR) is 51.9 cm³/mol. The Balaban J connectivity index is 2.26. The molecule has 3 heteroatoms. The largest absolute Gasteiger partial charge is 0.310 e. The third-order valence-corrected chi connectivity index (χ3v) is 2.95. The van der Waals surface area contributed by atoms with E-state index >= 15 is 0 Å². The Labute approximate surface area is 80.5 Å². The van der Waals surface area contributed by atoms with Crippen LogP contribution in [0.2, 0.25) is 0 Å². The van der Waals surface area contributed by atoms with E-state index in [0.717, 1.165) is 11.0 Å². The molecule has 1 N–H and O–H groups in total. The number of halogens is 1. The summed E-state index contributed by atoms with van der Waals surface area (Å²) in [4.78, 5) is 4.12. The molecule has 1 aliphatic rings. The van der Waals surface area contributed by atoms with Crippen molar-refractivity contribution in [3.8, 4) is 0 Å². The van der Waals surface area contributed by atoms with Crippen molar-refractivity contribution < 1.29 is 0 Å². The summed E-state index contributed by atoms with van der Waals surface area (Å²) >= 11 is 3.53. The quantitative estimate of drug-likeness (QED) is 0.795. The zero-order chi connectivity index (χ0) is 8.39. The maximum atomic E-state index is 4.12. The van der Waals surface area contributed by atoms with Gasteiger partial charge in [0, 0.05) is 28.5 Å². The molecule has 1 aliphatic heterocycles. The summed E-state index contributed by atoms with van der Waals surface area (Å²) in [5.74, 6) is 0. The van der Waals surface area contributed by atoms with Gasteiger partial charge in [-0.25, -0.2) is 0 Å². The summed E-state index contributed by atoms with van der Waals surface area (Å²) in [6, 6.07) is 2.50. The minimum Gasteiger partial charge on any atom is -0.310 e. The summed E-state index contributed by atoms with van der Waals surface area (Å²) in [6.07, 6.45) is 6.24. The van der Waals surface area contributed by atoms with Crippen LogP contribution in [-0.4, -0.2) is 11.5 Å². The molecule has 1 aromatic rings. The van der Waals surface area contributed by atoms with Gasteiger partial charge in [-0.05, 0) is 25.5 Å². The number of nitrogens with one attached hydrogen (secondary N) is 1. The normalized spacial score (nSPS) is 22.9. The Morgan fingerprint density at radius 3 is 3.17 bits per heavy atom. The van der Waals surface area contributed by atoms with Gasteiger partial charge in [-0.3, -0.25) is 4.98 Å². The molecule has 1 fully saturated rings. The number of hydrogen-bond donors (Lipinski definition) is 1. The zero-order valence-electron chi connectivity index (χ0n) is 6.76. The van der Waals surface area contributed by atoms with E-state index in [0.29, 0.717) is 6.04 Å². The van der Waals surface area contributed by atoms with Crippen molar-refractivity contribution in [3.05, 3.63) is 28.5 Å². The molecular formula is C9H11BrN2. The highest BCUT2D eigenvalue weighted by atomic mass is 79.9. The Hall–Kier alpha value is -0.410. The van der Waals surface area contributed by atoms with Crippen LogP contribution in [0, 0.1) is 0 Å². The standard InChI is InChI=1S/C9H11BrN2/c10-8-3-5-11-6-7(8)9-2-1-4-12-9/h3,5-6,9,12H,1-2,4H2/t9-/m0/s1. The molecule has 1 aromatic heterocycles. The first kappa shape index (κ1) is 8.20. The van der Waals surface area contributed by atoms with Gasteiger partial charge in [0.2, 0.25) is 0 Å². The van der Waals surface area contributed by atoms with Crippen molar-refractivity contribution in [3.63, 3.8) is 0 Å². The first-order valence-corrected chi connectivity index (χ1v) is 5.00. The smallest absolute Gasteiger partial charge is 0.0347 e. The topological polar surface area (TPSA) is 24.9 Å². The number of aromatic nitrogens is 1. The summed E-state index contributed by atoms with van der Waals surface area (Å²) < 4.78 is 1.16. The lowest BCUT2D eigenvalue weighted by molar-refractivity contribution is 0.642. The summed E-state index contributed by atoms with van der Waals surface area (Å²) in [5.41, 5.74) is 1.29. The van der Waals surface area contributed by atoms with Crippen LogP contribution in [0.3, 0.4) is 0 Å². The maximum Gasteiger partial charge on any atom is 0.0347 e. The Kier molecular flexibility index (Phi) is 2.42. The molecule has 0 bridgehead atoms. The van der Waals surface area contributed by atoms with Gasteiger partial charge >= 0.3 is 0 Å². The number of rotatable bonds is 1. The second kappa shape index (κ2) is 3.54. The third kappa shape index (κ3) is 1.52. The molecule has 2 rings (SSSR count). The fourth-order valence-corrected chi connectivity index (χ4v) is 2.09. The van der Waals surface area contributed by atoms with E-state index < -0.39 is 0 Å². The van der Waals surface area contributed by atoms with Gasteiger partial charge in [0.1, 0.15) is 0 Å². The first-order chi connectivity index (χ1) is 5.88. The van der Waals surface area contributed by atoms with E-state index in [-0.39, 0.29) is 0 Å². The molecule has 0 spiro atoms. The average molecular weight is 227 g/mol. The lowest BCUT2D eigenvalue weighted by Crippen LogP contribution is -2.13. The van der Waals surface area contributed by atoms with E-state index in [4.69, 9.17) is 0 Å². The van der Waals surface area contributed by atoms with Crippen LogP contribution in [0.4, 0.5) is 0 Å². The molecule has 0 unspecified atom stereocenters. The van der Waals surface area contributed by atoms with Crippen LogP contribution in [0.1, 0.15) is 24.4 Å². The van der Waals surface area contributed by atoms with E-state index in [1.165, 1.54) is 18.4 Å². The summed E-state index contributed by atoms with van der Waals surface area (Å²) in [5, 5.41) is 3.44. The number of pyridine rings is 1. The van der Waals surface area contributed by atoms with Gasteiger partial charge in [0.05, 0.1) is 0 Å². The Bertz CT molecular complexity index is 269. The zero-order valence-corrected chi connectivity index (χ0v) is 8.34. The first-order valence-electron chi connectivity index (χ1n) is 4.21. The van der Waals surface area contributed by atoms with Crippen LogP contribution in [-0.2, 0) is 0 Å². The van der Waals surface area contributed by atoms with Crippen molar-refractivity contribution in [1.29, 1.82) is 0 Å². The molecule has 0 amide bonds. The van der Waals surface area contributed by atoms with E-state index in [9.17, 15) is 0 Å². The van der Waals surface area contributed by atoms with Crippen LogP contribution in [0.25, 0.3) is 0 Å². The average Bonchev–Trinajstić information content (AvgIpc) is 2.57. The van der Waals surface area contributed by atoms with Crippen molar-refractivity contribution >= 4 is 15.9 Å². The van der Waals surface area contributed by atoms with Gasteiger partial charge in [-0.1, -0.05) is 15.9 Å². The highest BCUT2D eigenvalue weighted by Crippen LogP contribution is 2.27. The minimum absolute atomic E-state index is 0.507. The predicted octanol–water partition coefficient (Wildman–Crippen LogP) is 2.27. The van der Waals surface area contributed by atoms with E-state index in [1.54, 1.807) is 0 Å². The van der Waals surface area contributed by atoms with Gasteiger partial charge in [-0.2, -0.15) is 0 Å². The van der Waals surface area contributed by atoms with Crippen LogP contribution >= 0.6 is 15.9 Å². The maximum absolute atomic E-state index is 4.12. The second-order valence-electron chi connectivity index (χ2n) is 3.05. The molecule has 1 atom stereocenters. The molecule has 2 heterocycles. The molecular weight excluding hydrogens is 216 g/mol. The molecule has 0 saturated carbocycles. The lowest BCUT2D eigenvalue weighted by Gasteiger charge is -2.11. The van der Waals surface area contributed by atoms with Crippen LogP contribution < -0.4 is 5.32 Å². The monoisotopic (exact) mass is 226 g/mol. The van der Waals surface area contributed by atoms with Gasteiger partial charge in [0.25, 0.3) is 0 Å². The molecule has 12 heavy (non-hydrogen) atoms. The van der Waals surface area contributed by atoms with E-state index in [1.807, 2.05) is 18.5 Å². The fourth-order valence-electron chi connectivity index (χ4n) is 1.60. The van der Waals surface area contributed by atoms with Crippen LogP contribution in [0.15, 0.2) is 22.9 Å². The van der Waals surface area contributed by atoms with Crippen molar-refractivity contribution in [2.24, 2.45) is 0 Å². The lowest BCUT2D eigenvalue weighted by atomic mass is 10.1. The molecule has 2 nitrogen and oxygen atoms in total. The van der Waals surface area contributed by atoms with E-state index in [2.05, 4.69) is 26.2 Å². The van der Waals surface area contributed by atoms with Crippen molar-refractivity contribution in [1.82, 2.24) is 10.3 Å². The highest BCUT2D eigenvalue weighted by molar-refractivity contribution is 9.10. The fraction of sp³-hybridized carbons (Fsp3) is 0.444. The Morgan fingerprint density at radius 2 is 2.50 bits per heavy atom. The summed E-state index contributed by atoms with van der Waals surface area (Å²) in [7, 11) is 0. The highest BCUT2D eigenvalue weighted by Gasteiger charge is 2.17. The van der Waals surface area contributed by atoms with Crippen LogP contribution in [0.5, 0.6) is 0 Å².